The zero-order valence-electron chi connectivity index (χ0n) is 13.4. The van der Waals surface area contributed by atoms with Crippen molar-refractivity contribution < 1.29 is 13.6 Å². The number of halogens is 1. The quantitative estimate of drug-likeness (QED) is 0.636. The second-order valence-corrected chi connectivity index (χ2v) is 5.32. The Balaban J connectivity index is 1.80. The van der Waals surface area contributed by atoms with Gasteiger partial charge in [0.25, 0.3) is 0 Å². The first-order valence-electron chi connectivity index (χ1n) is 7.61. The third-order valence-electron chi connectivity index (χ3n) is 3.67. The number of nitrogens with one attached hydrogen (secondary N) is 3. The van der Waals surface area contributed by atoms with Gasteiger partial charge in [-0.15, -0.1) is 0 Å². The Bertz CT molecular complexity index is 967. The van der Waals surface area contributed by atoms with Gasteiger partial charge >= 0.3 is 11.7 Å². The van der Waals surface area contributed by atoms with Crippen LogP contribution in [0.2, 0.25) is 0 Å². The molecule has 1 aromatic heterocycles. The number of fused-ring (bicyclic) bond motifs is 1. The van der Waals surface area contributed by atoms with E-state index in [0.29, 0.717) is 16.7 Å². The van der Waals surface area contributed by atoms with Crippen LogP contribution in [0.25, 0.3) is 11.0 Å². The van der Waals surface area contributed by atoms with Gasteiger partial charge in [0.1, 0.15) is 11.4 Å². The first-order chi connectivity index (χ1) is 12.1. The molecule has 3 rings (SSSR count). The van der Waals surface area contributed by atoms with E-state index >= 15 is 0 Å². The van der Waals surface area contributed by atoms with Crippen LogP contribution < -0.4 is 21.6 Å². The maximum absolute atomic E-state index is 12.9. The normalized spacial score (nSPS) is 10.5. The molecule has 0 aliphatic rings. The molecule has 0 unspecified atom stereocenters. The summed E-state index contributed by atoms with van der Waals surface area (Å²) in [5.74, 6) is -0.347. The van der Waals surface area contributed by atoms with E-state index in [4.69, 9.17) is 4.42 Å². The molecule has 2 amide bonds. The maximum atomic E-state index is 12.9. The molecule has 2 aromatic carbocycles. The lowest BCUT2D eigenvalue weighted by Gasteiger charge is -2.12. The lowest BCUT2D eigenvalue weighted by Crippen LogP contribution is -2.30. The highest BCUT2D eigenvalue weighted by atomic mass is 19.1. The molecule has 0 radical (unpaired) electrons. The molecule has 3 N–H and O–H groups in total. The van der Waals surface area contributed by atoms with Crippen LogP contribution in [0.15, 0.2) is 57.7 Å². The number of hydrogen-bond donors (Lipinski definition) is 3. The highest BCUT2D eigenvalue weighted by molar-refractivity contribution is 6.01. The van der Waals surface area contributed by atoms with Crippen LogP contribution in [0.4, 0.5) is 20.6 Å². The minimum absolute atomic E-state index is 0.0257. The fraction of sp³-hybridized carbons (Fsp3) is 0.111. The summed E-state index contributed by atoms with van der Waals surface area (Å²) in [6.45, 7) is 0.194. The fourth-order valence-corrected chi connectivity index (χ4v) is 2.47. The monoisotopic (exact) mass is 341 g/mol. The van der Waals surface area contributed by atoms with Crippen molar-refractivity contribution in [3.05, 3.63) is 70.3 Å². The summed E-state index contributed by atoms with van der Waals surface area (Å²) in [6, 6.07) is 12.2. The Hall–Kier alpha value is -3.35. The fourth-order valence-electron chi connectivity index (χ4n) is 2.47. The number of hydrogen-bond acceptors (Lipinski definition) is 4. The number of carbonyl (C=O) groups is 1. The molecule has 0 spiro atoms. The van der Waals surface area contributed by atoms with Crippen molar-refractivity contribution in [3.63, 3.8) is 0 Å². The molecule has 0 saturated heterocycles. The van der Waals surface area contributed by atoms with Gasteiger partial charge in [-0.25, -0.2) is 14.0 Å². The average Bonchev–Trinajstić information content (AvgIpc) is 2.62. The third kappa shape index (κ3) is 3.60. The van der Waals surface area contributed by atoms with Gasteiger partial charge in [0.05, 0.1) is 5.69 Å². The summed E-state index contributed by atoms with van der Waals surface area (Å²) in [7, 11) is 1.66. The Kier molecular flexibility index (Phi) is 4.65. The van der Waals surface area contributed by atoms with Crippen molar-refractivity contribution in [2.24, 2.45) is 0 Å². The number of carbonyl (C=O) groups excluding carboxylic acids is 1. The first kappa shape index (κ1) is 16.5. The van der Waals surface area contributed by atoms with Gasteiger partial charge in [-0.2, -0.15) is 0 Å². The molecule has 3 aromatic rings. The van der Waals surface area contributed by atoms with Gasteiger partial charge in [0.2, 0.25) is 0 Å². The van der Waals surface area contributed by atoms with Crippen LogP contribution in [-0.4, -0.2) is 13.1 Å². The van der Waals surface area contributed by atoms with Crippen molar-refractivity contribution in [3.8, 4) is 0 Å². The van der Waals surface area contributed by atoms with E-state index in [1.54, 1.807) is 37.4 Å². The van der Waals surface area contributed by atoms with E-state index in [0.717, 1.165) is 5.56 Å². The van der Waals surface area contributed by atoms with Gasteiger partial charge in [-0.05, 0) is 29.8 Å². The van der Waals surface area contributed by atoms with Crippen molar-refractivity contribution in [2.45, 2.75) is 6.54 Å². The number of urea groups is 1. The Morgan fingerprint density at radius 2 is 1.80 bits per heavy atom. The summed E-state index contributed by atoms with van der Waals surface area (Å²) in [4.78, 5) is 24.3. The minimum atomic E-state index is -0.653. The van der Waals surface area contributed by atoms with Gasteiger partial charge in [0.15, 0.2) is 5.69 Å². The predicted molar refractivity (Wildman–Crippen MR) is 94.3 cm³/mol. The zero-order valence-corrected chi connectivity index (χ0v) is 13.4. The van der Waals surface area contributed by atoms with E-state index in [9.17, 15) is 14.0 Å². The molecule has 0 atom stereocenters. The summed E-state index contributed by atoms with van der Waals surface area (Å²) in [5, 5.41) is 8.72. The van der Waals surface area contributed by atoms with E-state index in [2.05, 4.69) is 16.0 Å². The molecule has 7 heteroatoms. The van der Waals surface area contributed by atoms with Crippen molar-refractivity contribution in [1.29, 1.82) is 0 Å². The van der Waals surface area contributed by atoms with Crippen molar-refractivity contribution >= 4 is 28.4 Å². The number of anilines is 2. The summed E-state index contributed by atoms with van der Waals surface area (Å²) < 4.78 is 18.1. The summed E-state index contributed by atoms with van der Waals surface area (Å²) >= 11 is 0. The Morgan fingerprint density at radius 1 is 1.08 bits per heavy atom. The van der Waals surface area contributed by atoms with Gasteiger partial charge in [-0.3, -0.25) is 5.32 Å². The molecule has 0 bridgehead atoms. The minimum Gasteiger partial charge on any atom is -0.421 e. The van der Waals surface area contributed by atoms with E-state index in [-0.39, 0.29) is 18.0 Å². The smallest absolute Gasteiger partial charge is 0.362 e. The molecular weight excluding hydrogens is 325 g/mol. The third-order valence-corrected chi connectivity index (χ3v) is 3.67. The average molecular weight is 341 g/mol. The summed E-state index contributed by atoms with van der Waals surface area (Å²) in [5.41, 5.74) is 1.01. The summed E-state index contributed by atoms with van der Waals surface area (Å²) in [6.07, 6.45) is 0. The number of para-hydroxylation sites is 1. The zero-order chi connectivity index (χ0) is 17.8. The molecular formula is C18H16FN3O3. The van der Waals surface area contributed by atoms with Crippen LogP contribution in [0.5, 0.6) is 0 Å². The Labute approximate surface area is 142 Å². The highest BCUT2D eigenvalue weighted by Crippen LogP contribution is 2.27. The molecule has 0 saturated carbocycles. The van der Waals surface area contributed by atoms with E-state index in [1.807, 2.05) is 6.07 Å². The van der Waals surface area contributed by atoms with Crippen molar-refractivity contribution in [1.82, 2.24) is 5.32 Å². The van der Waals surface area contributed by atoms with Crippen LogP contribution >= 0.6 is 0 Å². The maximum Gasteiger partial charge on any atom is 0.362 e. The highest BCUT2D eigenvalue weighted by Gasteiger charge is 2.15. The van der Waals surface area contributed by atoms with Gasteiger partial charge in [0, 0.05) is 19.0 Å². The standard InChI is InChI=1S/C18H16FN3O3/c1-20-15-13-4-2-3-5-14(13)25-17(23)16(15)22-18(24)21-10-11-6-8-12(19)9-7-11/h2-9,20H,10H2,1H3,(H2,21,22,24). The topological polar surface area (TPSA) is 83.4 Å². The molecule has 0 fully saturated rings. The lowest BCUT2D eigenvalue weighted by atomic mass is 10.2. The van der Waals surface area contributed by atoms with Gasteiger partial charge < -0.3 is 15.1 Å². The largest absolute Gasteiger partial charge is 0.421 e. The van der Waals surface area contributed by atoms with Crippen LogP contribution in [0, 0.1) is 5.82 Å². The van der Waals surface area contributed by atoms with E-state index in [1.165, 1.54) is 12.1 Å². The Morgan fingerprint density at radius 3 is 2.52 bits per heavy atom. The molecule has 6 nitrogen and oxygen atoms in total. The SMILES string of the molecule is CNc1c(NC(=O)NCc2ccc(F)cc2)c(=O)oc2ccccc12. The first-order valence-corrected chi connectivity index (χ1v) is 7.61. The van der Waals surface area contributed by atoms with Gasteiger partial charge in [-0.1, -0.05) is 24.3 Å². The number of amides is 2. The molecule has 25 heavy (non-hydrogen) atoms. The second-order valence-electron chi connectivity index (χ2n) is 5.32. The molecule has 0 aliphatic carbocycles. The van der Waals surface area contributed by atoms with E-state index < -0.39 is 11.7 Å². The van der Waals surface area contributed by atoms with Crippen molar-refractivity contribution in [2.75, 3.05) is 17.7 Å². The second kappa shape index (κ2) is 7.04. The molecule has 128 valence electrons. The number of benzene rings is 2. The van der Waals surface area contributed by atoms with Crippen LogP contribution in [0.3, 0.4) is 0 Å². The molecule has 1 heterocycles. The van der Waals surface area contributed by atoms with Crippen LogP contribution in [0.1, 0.15) is 5.56 Å². The lowest BCUT2D eigenvalue weighted by molar-refractivity contribution is 0.251. The van der Waals surface area contributed by atoms with Crippen LogP contribution in [-0.2, 0) is 6.54 Å². The predicted octanol–water partition coefficient (Wildman–Crippen LogP) is 3.30. The number of rotatable bonds is 4. The molecule has 0 aliphatic heterocycles.